The quantitative estimate of drug-likeness (QED) is 0.613. The van der Waals surface area contributed by atoms with Crippen molar-refractivity contribution in [2.24, 2.45) is 0 Å². The topological polar surface area (TPSA) is 43.8 Å². The van der Waals surface area contributed by atoms with Crippen LogP contribution in [-0.4, -0.2) is 9.55 Å². The van der Waals surface area contributed by atoms with Gasteiger partial charge in [-0.3, -0.25) is 0 Å². The number of imidazole rings is 1. The molecule has 0 spiro atoms. The molecule has 0 fully saturated rings. The Labute approximate surface area is 67.2 Å². The number of nitrogens with zero attached hydrogens (tertiary/aromatic N) is 2. The fourth-order valence-electron chi connectivity index (χ4n) is 1.28. The van der Waals surface area contributed by atoms with Crippen molar-refractivity contribution in [3.8, 4) is 0 Å². The Hall–Kier alpha value is -0.990. The third kappa shape index (κ3) is 1.53. The SMILES string of the molecule is CC.Nc1cn2c(n1)CCC2. The number of hydrogen-bond acceptors (Lipinski definition) is 2. The van der Waals surface area contributed by atoms with Gasteiger partial charge in [0.25, 0.3) is 0 Å². The summed E-state index contributed by atoms with van der Waals surface area (Å²) in [7, 11) is 0. The molecule has 11 heavy (non-hydrogen) atoms. The summed E-state index contributed by atoms with van der Waals surface area (Å²) in [6.07, 6.45) is 4.22. The molecule has 3 nitrogen and oxygen atoms in total. The van der Waals surface area contributed by atoms with Crippen LogP contribution >= 0.6 is 0 Å². The summed E-state index contributed by atoms with van der Waals surface area (Å²) in [6, 6.07) is 0. The van der Waals surface area contributed by atoms with E-state index >= 15 is 0 Å². The smallest absolute Gasteiger partial charge is 0.141 e. The van der Waals surface area contributed by atoms with Gasteiger partial charge in [-0.2, -0.15) is 0 Å². The van der Waals surface area contributed by atoms with Crippen LogP contribution in [0, 0.1) is 0 Å². The van der Waals surface area contributed by atoms with E-state index in [0.717, 1.165) is 18.8 Å². The molecule has 0 amide bonds. The second kappa shape index (κ2) is 3.42. The first-order valence-electron chi connectivity index (χ1n) is 4.18. The molecule has 0 saturated carbocycles. The standard InChI is InChI=1S/C6H9N3.C2H6/c7-5-4-9-3-1-2-6(9)8-5;1-2/h4H,1-3,7H2;1-2H3. The van der Waals surface area contributed by atoms with Crippen LogP contribution in [0.25, 0.3) is 0 Å². The van der Waals surface area contributed by atoms with Gasteiger partial charge in [-0.1, -0.05) is 13.8 Å². The second-order valence-corrected chi connectivity index (χ2v) is 2.38. The van der Waals surface area contributed by atoms with Crippen molar-refractivity contribution in [2.75, 3.05) is 5.73 Å². The van der Waals surface area contributed by atoms with Crippen molar-refractivity contribution in [3.05, 3.63) is 12.0 Å². The van der Waals surface area contributed by atoms with Crippen LogP contribution in [0.1, 0.15) is 26.1 Å². The first-order valence-corrected chi connectivity index (χ1v) is 4.18. The van der Waals surface area contributed by atoms with Crippen molar-refractivity contribution >= 4 is 5.82 Å². The highest BCUT2D eigenvalue weighted by Gasteiger charge is 2.11. The van der Waals surface area contributed by atoms with Crippen LogP contribution in [0.2, 0.25) is 0 Å². The maximum atomic E-state index is 5.46. The number of aryl methyl sites for hydroxylation is 2. The first-order chi connectivity index (χ1) is 5.36. The Balaban J connectivity index is 0.000000281. The largest absolute Gasteiger partial charge is 0.382 e. The summed E-state index contributed by atoms with van der Waals surface area (Å²) in [5.41, 5.74) is 5.46. The fraction of sp³-hybridized carbons (Fsp3) is 0.625. The second-order valence-electron chi connectivity index (χ2n) is 2.38. The van der Waals surface area contributed by atoms with E-state index in [1.807, 2.05) is 20.0 Å². The average Bonchev–Trinajstić information content (AvgIpc) is 2.51. The molecule has 0 aliphatic carbocycles. The molecule has 0 bridgehead atoms. The molecule has 1 aromatic heterocycles. The number of fused-ring (bicyclic) bond motifs is 1. The highest BCUT2D eigenvalue weighted by atomic mass is 15.1. The Bertz CT molecular complexity index is 206. The van der Waals surface area contributed by atoms with Gasteiger partial charge in [0, 0.05) is 19.2 Å². The molecular weight excluding hydrogens is 138 g/mol. The minimum atomic E-state index is 0.657. The van der Waals surface area contributed by atoms with Gasteiger partial charge in [-0.15, -0.1) is 0 Å². The molecule has 0 aromatic carbocycles. The highest BCUT2D eigenvalue weighted by Crippen LogP contribution is 2.14. The van der Waals surface area contributed by atoms with Gasteiger partial charge in [0.1, 0.15) is 11.6 Å². The van der Waals surface area contributed by atoms with Crippen LogP contribution in [0.3, 0.4) is 0 Å². The van der Waals surface area contributed by atoms with Gasteiger partial charge in [-0.05, 0) is 6.42 Å². The van der Waals surface area contributed by atoms with Gasteiger partial charge < -0.3 is 10.3 Å². The van der Waals surface area contributed by atoms with Crippen LogP contribution < -0.4 is 5.73 Å². The van der Waals surface area contributed by atoms with Crippen LogP contribution in [-0.2, 0) is 13.0 Å². The predicted octanol–water partition coefficient (Wildman–Crippen LogP) is 1.44. The molecule has 2 rings (SSSR count). The van der Waals surface area contributed by atoms with E-state index in [0.29, 0.717) is 5.82 Å². The van der Waals surface area contributed by atoms with Gasteiger partial charge in [0.05, 0.1) is 0 Å². The molecule has 62 valence electrons. The van der Waals surface area contributed by atoms with Gasteiger partial charge >= 0.3 is 0 Å². The van der Waals surface area contributed by atoms with Crippen molar-refractivity contribution in [1.82, 2.24) is 9.55 Å². The molecule has 3 heteroatoms. The summed E-state index contributed by atoms with van der Waals surface area (Å²) >= 11 is 0. The summed E-state index contributed by atoms with van der Waals surface area (Å²) < 4.78 is 2.12. The minimum absolute atomic E-state index is 0.657. The van der Waals surface area contributed by atoms with E-state index in [2.05, 4.69) is 9.55 Å². The number of nitrogens with two attached hydrogens (primary N) is 1. The zero-order chi connectivity index (χ0) is 8.27. The molecule has 0 unspecified atom stereocenters. The lowest BCUT2D eigenvalue weighted by Gasteiger charge is -1.88. The number of rotatable bonds is 0. The predicted molar refractivity (Wildman–Crippen MR) is 46.3 cm³/mol. The minimum Gasteiger partial charge on any atom is -0.382 e. The van der Waals surface area contributed by atoms with Gasteiger partial charge in [0.2, 0.25) is 0 Å². The van der Waals surface area contributed by atoms with E-state index in [-0.39, 0.29) is 0 Å². The van der Waals surface area contributed by atoms with E-state index in [1.54, 1.807) is 0 Å². The average molecular weight is 153 g/mol. The van der Waals surface area contributed by atoms with Crippen LogP contribution in [0.5, 0.6) is 0 Å². The van der Waals surface area contributed by atoms with Crippen LogP contribution in [0.4, 0.5) is 5.82 Å². The fourth-order valence-corrected chi connectivity index (χ4v) is 1.28. The third-order valence-electron chi connectivity index (χ3n) is 1.68. The summed E-state index contributed by atoms with van der Waals surface area (Å²) in [5.74, 6) is 1.80. The number of anilines is 1. The third-order valence-corrected chi connectivity index (χ3v) is 1.68. The van der Waals surface area contributed by atoms with Crippen molar-refractivity contribution in [1.29, 1.82) is 0 Å². The highest BCUT2D eigenvalue weighted by molar-refractivity contribution is 5.26. The van der Waals surface area contributed by atoms with E-state index in [1.165, 1.54) is 6.42 Å². The molecule has 2 N–H and O–H groups in total. The molecule has 0 atom stereocenters. The van der Waals surface area contributed by atoms with E-state index in [9.17, 15) is 0 Å². The first kappa shape index (κ1) is 8.11. The lowest BCUT2D eigenvalue weighted by Crippen LogP contribution is -1.87. The maximum Gasteiger partial charge on any atom is 0.141 e. The van der Waals surface area contributed by atoms with E-state index in [4.69, 9.17) is 5.73 Å². The lowest BCUT2D eigenvalue weighted by atomic mass is 10.4. The summed E-state index contributed by atoms with van der Waals surface area (Å²) in [6.45, 7) is 5.10. The number of aromatic nitrogens is 2. The maximum absolute atomic E-state index is 5.46. The molecule has 0 radical (unpaired) electrons. The van der Waals surface area contributed by atoms with Gasteiger partial charge in [0.15, 0.2) is 0 Å². The lowest BCUT2D eigenvalue weighted by molar-refractivity contribution is 0.750. The summed E-state index contributed by atoms with van der Waals surface area (Å²) in [5, 5.41) is 0. The Morgan fingerprint density at radius 1 is 1.55 bits per heavy atom. The molecule has 0 saturated heterocycles. The van der Waals surface area contributed by atoms with Crippen LogP contribution in [0.15, 0.2) is 6.20 Å². The van der Waals surface area contributed by atoms with E-state index < -0.39 is 0 Å². The molecule has 1 aliphatic rings. The molecule has 1 aliphatic heterocycles. The molecular formula is C8H15N3. The van der Waals surface area contributed by atoms with Gasteiger partial charge in [-0.25, -0.2) is 4.98 Å². The monoisotopic (exact) mass is 153 g/mol. The zero-order valence-corrected chi connectivity index (χ0v) is 7.17. The van der Waals surface area contributed by atoms with Crippen molar-refractivity contribution < 1.29 is 0 Å². The normalized spacial score (nSPS) is 13.6. The number of hydrogen-bond donors (Lipinski definition) is 1. The van der Waals surface area contributed by atoms with Crippen molar-refractivity contribution in [3.63, 3.8) is 0 Å². The summed E-state index contributed by atoms with van der Waals surface area (Å²) in [4.78, 5) is 4.13. The Morgan fingerprint density at radius 3 is 2.91 bits per heavy atom. The van der Waals surface area contributed by atoms with Crippen molar-refractivity contribution in [2.45, 2.75) is 33.2 Å². The Morgan fingerprint density at radius 2 is 2.27 bits per heavy atom. The number of nitrogen functional groups attached to an aromatic ring is 1. The Kier molecular flexibility index (Phi) is 2.52. The zero-order valence-electron chi connectivity index (χ0n) is 7.17. The molecule has 2 heterocycles. The molecule has 1 aromatic rings.